The second kappa shape index (κ2) is 7.53. The molecule has 0 aliphatic rings. The molecule has 0 bridgehead atoms. The molecule has 5 heteroatoms. The molecule has 2 aromatic rings. The Hall–Kier alpha value is -1.98. The lowest BCUT2D eigenvalue weighted by Crippen LogP contribution is -2.26. The number of nitrogens with one attached hydrogen (secondary N) is 1. The molecule has 0 saturated heterocycles. The maximum atomic E-state index is 13.7. The summed E-state index contributed by atoms with van der Waals surface area (Å²) in [6.07, 6.45) is -0.943. The lowest BCUT2D eigenvalue weighted by molar-refractivity contribution is 0.166. The predicted molar refractivity (Wildman–Crippen MR) is 88.5 cm³/mol. The van der Waals surface area contributed by atoms with Crippen LogP contribution in [-0.2, 0) is 0 Å². The molecule has 0 aromatic heterocycles. The van der Waals surface area contributed by atoms with Gasteiger partial charge in [0.2, 0.25) is 0 Å². The van der Waals surface area contributed by atoms with E-state index in [1.165, 1.54) is 18.2 Å². The fourth-order valence-electron chi connectivity index (χ4n) is 2.52. The molecular weight excluding hydrogens is 298 g/mol. The van der Waals surface area contributed by atoms with Gasteiger partial charge in [0, 0.05) is 37.9 Å². The number of anilines is 1. The maximum absolute atomic E-state index is 13.7. The summed E-state index contributed by atoms with van der Waals surface area (Å²) in [7, 11) is 3.69. The monoisotopic (exact) mass is 320 g/mol. The molecular formula is C18H22F2N2O. The van der Waals surface area contributed by atoms with Crippen molar-refractivity contribution in [3.8, 4) is 0 Å². The topological polar surface area (TPSA) is 35.5 Å². The molecule has 0 heterocycles. The first-order chi connectivity index (χ1) is 10.9. The molecule has 0 radical (unpaired) electrons. The van der Waals surface area contributed by atoms with Crippen LogP contribution in [0.15, 0.2) is 42.5 Å². The van der Waals surface area contributed by atoms with Crippen molar-refractivity contribution in [2.45, 2.75) is 19.1 Å². The molecule has 0 fully saturated rings. The number of aliphatic hydroxyl groups excluding tert-OH is 1. The first-order valence-corrected chi connectivity index (χ1v) is 7.52. The summed E-state index contributed by atoms with van der Waals surface area (Å²) in [5, 5.41) is 13.3. The van der Waals surface area contributed by atoms with E-state index in [4.69, 9.17) is 0 Å². The third kappa shape index (κ3) is 4.27. The van der Waals surface area contributed by atoms with Gasteiger partial charge >= 0.3 is 0 Å². The highest BCUT2D eigenvalue weighted by molar-refractivity contribution is 5.54. The summed E-state index contributed by atoms with van der Waals surface area (Å²) < 4.78 is 27.1. The van der Waals surface area contributed by atoms with E-state index in [-0.39, 0.29) is 24.0 Å². The highest BCUT2D eigenvalue weighted by Crippen LogP contribution is 2.26. The van der Waals surface area contributed by atoms with Crippen molar-refractivity contribution in [1.29, 1.82) is 0 Å². The smallest absolute Gasteiger partial charge is 0.129 e. The second-order valence-electron chi connectivity index (χ2n) is 5.76. The van der Waals surface area contributed by atoms with Crippen molar-refractivity contribution in [2.24, 2.45) is 0 Å². The van der Waals surface area contributed by atoms with E-state index < -0.39 is 11.9 Å². The van der Waals surface area contributed by atoms with Gasteiger partial charge in [-0.25, -0.2) is 8.78 Å². The van der Waals surface area contributed by atoms with Gasteiger partial charge in [0.1, 0.15) is 11.6 Å². The van der Waals surface area contributed by atoms with Gasteiger partial charge in [-0.1, -0.05) is 24.3 Å². The molecule has 2 N–H and O–H groups in total. The average Bonchev–Trinajstić information content (AvgIpc) is 2.52. The van der Waals surface area contributed by atoms with Crippen LogP contribution in [0.4, 0.5) is 14.5 Å². The Labute approximate surface area is 135 Å². The minimum absolute atomic E-state index is 0.116. The van der Waals surface area contributed by atoms with Crippen LogP contribution in [0.5, 0.6) is 0 Å². The molecule has 124 valence electrons. The molecule has 2 atom stereocenters. The van der Waals surface area contributed by atoms with Crippen LogP contribution < -0.4 is 10.2 Å². The van der Waals surface area contributed by atoms with Crippen LogP contribution in [0.2, 0.25) is 0 Å². The van der Waals surface area contributed by atoms with Crippen molar-refractivity contribution < 1.29 is 13.9 Å². The Bertz CT molecular complexity index is 661. The maximum Gasteiger partial charge on any atom is 0.129 e. The summed E-state index contributed by atoms with van der Waals surface area (Å²) in [5.41, 5.74) is 1.95. The third-order valence-corrected chi connectivity index (χ3v) is 3.82. The summed E-state index contributed by atoms with van der Waals surface area (Å²) >= 11 is 0. The quantitative estimate of drug-likeness (QED) is 0.856. The van der Waals surface area contributed by atoms with Gasteiger partial charge < -0.3 is 15.3 Å². The van der Waals surface area contributed by atoms with Crippen LogP contribution in [0.3, 0.4) is 0 Å². The summed E-state index contributed by atoms with van der Waals surface area (Å²) in [5.74, 6) is -0.721. The van der Waals surface area contributed by atoms with Gasteiger partial charge in [-0.05, 0) is 30.7 Å². The van der Waals surface area contributed by atoms with Crippen molar-refractivity contribution in [3.63, 3.8) is 0 Å². The van der Waals surface area contributed by atoms with Gasteiger partial charge in [-0.3, -0.25) is 0 Å². The molecule has 2 unspecified atom stereocenters. The zero-order valence-electron chi connectivity index (χ0n) is 13.6. The van der Waals surface area contributed by atoms with Gasteiger partial charge in [0.15, 0.2) is 0 Å². The normalized spacial score (nSPS) is 13.7. The molecule has 23 heavy (non-hydrogen) atoms. The highest BCUT2D eigenvalue weighted by Gasteiger charge is 2.16. The Balaban J connectivity index is 2.08. The van der Waals surface area contributed by atoms with Gasteiger partial charge in [0.05, 0.1) is 6.10 Å². The van der Waals surface area contributed by atoms with E-state index >= 15 is 0 Å². The summed E-state index contributed by atoms with van der Waals surface area (Å²) in [4.78, 5) is 1.84. The van der Waals surface area contributed by atoms with Gasteiger partial charge in [-0.15, -0.1) is 0 Å². The number of benzene rings is 2. The van der Waals surface area contributed by atoms with E-state index in [9.17, 15) is 13.9 Å². The number of rotatable bonds is 6. The molecule has 2 aromatic carbocycles. The molecule has 3 nitrogen and oxygen atoms in total. The number of hydrogen-bond donors (Lipinski definition) is 2. The standard InChI is InChI=1S/C18H22F2N2O/c1-12(14-9-8-13(19)10-17(14)22(2)3)21-11-18(23)15-6-4-5-7-16(15)20/h4-10,12,18,21,23H,11H2,1-3H3. The van der Waals surface area contributed by atoms with Crippen LogP contribution in [0, 0.1) is 11.6 Å². The Morgan fingerprint density at radius 3 is 2.43 bits per heavy atom. The fourth-order valence-corrected chi connectivity index (χ4v) is 2.52. The summed E-state index contributed by atoms with van der Waals surface area (Å²) in [6.45, 7) is 2.13. The van der Waals surface area contributed by atoms with Crippen molar-refractivity contribution in [2.75, 3.05) is 25.5 Å². The first kappa shape index (κ1) is 17.4. The zero-order valence-corrected chi connectivity index (χ0v) is 13.6. The predicted octanol–water partition coefficient (Wildman–Crippen LogP) is 3.42. The lowest BCUT2D eigenvalue weighted by atomic mass is 10.0. The molecule has 0 spiro atoms. The molecule has 0 saturated carbocycles. The van der Waals surface area contributed by atoms with Crippen LogP contribution in [0.25, 0.3) is 0 Å². The molecule has 0 amide bonds. The van der Waals surface area contributed by atoms with Crippen LogP contribution >= 0.6 is 0 Å². The van der Waals surface area contributed by atoms with Crippen molar-refractivity contribution in [1.82, 2.24) is 5.32 Å². The zero-order chi connectivity index (χ0) is 17.0. The van der Waals surface area contributed by atoms with E-state index in [0.717, 1.165) is 11.3 Å². The molecule has 0 aliphatic heterocycles. The van der Waals surface area contributed by atoms with E-state index in [2.05, 4.69) is 5.32 Å². The largest absolute Gasteiger partial charge is 0.387 e. The fraction of sp³-hybridized carbons (Fsp3) is 0.333. The summed E-state index contributed by atoms with van der Waals surface area (Å²) in [6, 6.07) is 10.7. The SMILES string of the molecule is CC(NCC(O)c1ccccc1F)c1ccc(F)cc1N(C)C. The average molecular weight is 320 g/mol. The van der Waals surface area contributed by atoms with Crippen LogP contribution in [0.1, 0.15) is 30.2 Å². The van der Waals surface area contributed by atoms with Gasteiger partial charge in [0.25, 0.3) is 0 Å². The van der Waals surface area contributed by atoms with Crippen LogP contribution in [-0.4, -0.2) is 25.7 Å². The first-order valence-electron chi connectivity index (χ1n) is 7.52. The number of hydrogen-bond acceptors (Lipinski definition) is 3. The minimum atomic E-state index is -0.943. The third-order valence-electron chi connectivity index (χ3n) is 3.82. The number of halogens is 2. The Morgan fingerprint density at radius 2 is 1.78 bits per heavy atom. The van der Waals surface area contributed by atoms with Crippen molar-refractivity contribution in [3.05, 3.63) is 65.2 Å². The highest BCUT2D eigenvalue weighted by atomic mass is 19.1. The number of nitrogens with zero attached hydrogens (tertiary/aromatic N) is 1. The lowest BCUT2D eigenvalue weighted by Gasteiger charge is -2.23. The Kier molecular flexibility index (Phi) is 5.69. The Morgan fingerprint density at radius 1 is 1.09 bits per heavy atom. The van der Waals surface area contributed by atoms with E-state index in [0.29, 0.717) is 0 Å². The van der Waals surface area contributed by atoms with E-state index in [1.54, 1.807) is 24.3 Å². The van der Waals surface area contributed by atoms with E-state index in [1.807, 2.05) is 25.9 Å². The van der Waals surface area contributed by atoms with Gasteiger partial charge in [-0.2, -0.15) is 0 Å². The second-order valence-corrected chi connectivity index (χ2v) is 5.76. The minimum Gasteiger partial charge on any atom is -0.387 e. The molecule has 0 aliphatic carbocycles. The molecule has 2 rings (SSSR count). The number of aliphatic hydroxyl groups is 1. The van der Waals surface area contributed by atoms with Crippen molar-refractivity contribution >= 4 is 5.69 Å².